The van der Waals surface area contributed by atoms with Crippen LogP contribution in [-0.2, 0) is 10.0 Å². The fraction of sp³-hybridized carbons (Fsp3) is 0.500. The molecule has 1 rings (SSSR count). The molecule has 1 aromatic carbocycles. The summed E-state index contributed by atoms with van der Waals surface area (Å²) in [6, 6.07) is 3.19. The third kappa shape index (κ3) is 3.44. The second-order valence-corrected chi connectivity index (χ2v) is 6.12. The van der Waals surface area contributed by atoms with Crippen molar-refractivity contribution in [2.75, 3.05) is 12.3 Å². The summed E-state index contributed by atoms with van der Waals surface area (Å²) in [5.41, 5.74) is 7.76. The predicted molar refractivity (Wildman–Crippen MR) is 71.8 cm³/mol. The lowest BCUT2D eigenvalue weighted by Crippen LogP contribution is -2.32. The van der Waals surface area contributed by atoms with Crippen LogP contribution in [0.25, 0.3) is 0 Å². The first kappa shape index (κ1) is 14.9. The molecule has 0 aliphatic heterocycles. The van der Waals surface area contributed by atoms with E-state index in [0.717, 1.165) is 11.1 Å². The SMILES string of the molecule is CCC(O)CNS(=O)(=O)c1cc(C)c(C)cc1N. The quantitative estimate of drug-likeness (QED) is 0.695. The summed E-state index contributed by atoms with van der Waals surface area (Å²) >= 11 is 0. The van der Waals surface area contributed by atoms with Crippen molar-refractivity contribution in [3.8, 4) is 0 Å². The number of benzene rings is 1. The van der Waals surface area contributed by atoms with Gasteiger partial charge in [0, 0.05) is 6.54 Å². The van der Waals surface area contributed by atoms with Gasteiger partial charge in [-0.2, -0.15) is 0 Å². The standard InChI is InChI=1S/C12H20N2O3S/c1-4-10(15)7-14-18(16,17)12-6-9(3)8(2)5-11(12)13/h5-6,10,14-15H,4,7,13H2,1-3H3. The Labute approximate surface area is 108 Å². The van der Waals surface area contributed by atoms with Crippen molar-refractivity contribution in [1.29, 1.82) is 0 Å². The highest BCUT2D eigenvalue weighted by molar-refractivity contribution is 7.89. The van der Waals surface area contributed by atoms with Gasteiger partial charge in [-0.15, -0.1) is 0 Å². The van der Waals surface area contributed by atoms with Crippen LogP contribution in [0.3, 0.4) is 0 Å². The van der Waals surface area contributed by atoms with Gasteiger partial charge in [-0.05, 0) is 43.5 Å². The molecule has 18 heavy (non-hydrogen) atoms. The van der Waals surface area contributed by atoms with Gasteiger partial charge in [-0.3, -0.25) is 0 Å². The van der Waals surface area contributed by atoms with E-state index in [-0.39, 0.29) is 17.1 Å². The number of sulfonamides is 1. The monoisotopic (exact) mass is 272 g/mol. The Bertz CT molecular complexity index is 526. The smallest absolute Gasteiger partial charge is 0.242 e. The average Bonchev–Trinajstić information content (AvgIpc) is 2.30. The topological polar surface area (TPSA) is 92.4 Å². The van der Waals surface area contributed by atoms with E-state index >= 15 is 0 Å². The fourth-order valence-electron chi connectivity index (χ4n) is 1.47. The number of hydrogen-bond donors (Lipinski definition) is 3. The zero-order valence-electron chi connectivity index (χ0n) is 10.9. The number of hydrogen-bond acceptors (Lipinski definition) is 4. The average molecular weight is 272 g/mol. The molecule has 0 fully saturated rings. The molecular formula is C12H20N2O3S. The van der Waals surface area contributed by atoms with Gasteiger partial charge in [0.05, 0.1) is 11.8 Å². The van der Waals surface area contributed by atoms with Crippen molar-refractivity contribution < 1.29 is 13.5 Å². The Balaban J connectivity index is 3.02. The molecule has 0 saturated heterocycles. The molecule has 102 valence electrons. The van der Waals surface area contributed by atoms with Crippen LogP contribution in [0.5, 0.6) is 0 Å². The van der Waals surface area contributed by atoms with Crippen molar-refractivity contribution in [3.63, 3.8) is 0 Å². The minimum atomic E-state index is -3.67. The van der Waals surface area contributed by atoms with E-state index in [1.807, 2.05) is 13.8 Å². The number of nitrogens with two attached hydrogens (primary N) is 1. The molecule has 1 unspecified atom stereocenters. The van der Waals surface area contributed by atoms with E-state index in [9.17, 15) is 13.5 Å². The highest BCUT2D eigenvalue weighted by Crippen LogP contribution is 2.22. The van der Waals surface area contributed by atoms with E-state index < -0.39 is 16.1 Å². The van der Waals surface area contributed by atoms with Gasteiger partial charge in [0.1, 0.15) is 4.90 Å². The molecule has 6 heteroatoms. The van der Waals surface area contributed by atoms with Crippen LogP contribution in [0.2, 0.25) is 0 Å². The number of rotatable bonds is 5. The number of aryl methyl sites for hydroxylation is 2. The number of aliphatic hydroxyl groups excluding tert-OH is 1. The predicted octanol–water partition coefficient (Wildman–Crippen LogP) is 0.935. The van der Waals surface area contributed by atoms with E-state index in [1.165, 1.54) is 0 Å². The molecular weight excluding hydrogens is 252 g/mol. The molecule has 0 radical (unpaired) electrons. The van der Waals surface area contributed by atoms with Crippen molar-refractivity contribution in [2.24, 2.45) is 0 Å². The maximum Gasteiger partial charge on any atom is 0.242 e. The third-order valence-electron chi connectivity index (χ3n) is 2.90. The summed E-state index contributed by atoms with van der Waals surface area (Å²) in [4.78, 5) is 0.0638. The van der Waals surface area contributed by atoms with Gasteiger partial charge >= 0.3 is 0 Å². The minimum absolute atomic E-state index is 0.00873. The lowest BCUT2D eigenvalue weighted by Gasteiger charge is -2.13. The zero-order chi connectivity index (χ0) is 13.9. The fourth-order valence-corrected chi connectivity index (χ4v) is 2.74. The van der Waals surface area contributed by atoms with Crippen molar-refractivity contribution >= 4 is 15.7 Å². The van der Waals surface area contributed by atoms with Gasteiger partial charge in [0.25, 0.3) is 0 Å². The number of nitrogens with one attached hydrogen (secondary N) is 1. The van der Waals surface area contributed by atoms with Crippen molar-refractivity contribution in [2.45, 2.75) is 38.2 Å². The maximum absolute atomic E-state index is 12.0. The maximum atomic E-state index is 12.0. The third-order valence-corrected chi connectivity index (χ3v) is 4.38. The molecule has 1 aromatic rings. The highest BCUT2D eigenvalue weighted by atomic mass is 32.2. The highest BCUT2D eigenvalue weighted by Gasteiger charge is 2.19. The Morgan fingerprint density at radius 3 is 2.44 bits per heavy atom. The summed E-state index contributed by atoms with van der Waals surface area (Å²) in [5, 5.41) is 9.38. The summed E-state index contributed by atoms with van der Waals surface area (Å²) in [7, 11) is -3.67. The second-order valence-electron chi connectivity index (χ2n) is 4.39. The Morgan fingerprint density at radius 1 is 1.33 bits per heavy atom. The summed E-state index contributed by atoms with van der Waals surface area (Å²) < 4.78 is 26.4. The number of aliphatic hydroxyl groups is 1. The van der Waals surface area contributed by atoms with Crippen LogP contribution in [0.4, 0.5) is 5.69 Å². The van der Waals surface area contributed by atoms with Crippen LogP contribution in [0.15, 0.2) is 17.0 Å². The molecule has 0 aliphatic carbocycles. The summed E-state index contributed by atoms with van der Waals surface area (Å²) in [6.07, 6.45) is -0.196. The van der Waals surface area contributed by atoms with Crippen molar-refractivity contribution in [3.05, 3.63) is 23.3 Å². The summed E-state index contributed by atoms with van der Waals surface area (Å²) in [6.45, 7) is 5.47. The number of nitrogen functional groups attached to an aromatic ring is 1. The van der Waals surface area contributed by atoms with Crippen LogP contribution in [-0.4, -0.2) is 26.2 Å². The lowest BCUT2D eigenvalue weighted by molar-refractivity contribution is 0.174. The van der Waals surface area contributed by atoms with E-state index in [0.29, 0.717) is 6.42 Å². The van der Waals surface area contributed by atoms with Crippen LogP contribution in [0, 0.1) is 13.8 Å². The lowest BCUT2D eigenvalue weighted by atomic mass is 10.1. The summed E-state index contributed by atoms with van der Waals surface area (Å²) in [5.74, 6) is 0. The van der Waals surface area contributed by atoms with Gasteiger partial charge in [-0.25, -0.2) is 13.1 Å². The van der Waals surface area contributed by atoms with Gasteiger partial charge in [0.15, 0.2) is 0 Å². The van der Waals surface area contributed by atoms with Gasteiger partial charge in [0.2, 0.25) is 10.0 Å². The van der Waals surface area contributed by atoms with E-state index in [2.05, 4.69) is 4.72 Å². The number of anilines is 1. The molecule has 0 amide bonds. The van der Waals surface area contributed by atoms with Gasteiger partial charge < -0.3 is 10.8 Å². The normalized spacial score (nSPS) is 13.6. The van der Waals surface area contributed by atoms with Crippen LogP contribution < -0.4 is 10.5 Å². The molecule has 0 aliphatic rings. The Kier molecular flexibility index (Phi) is 4.72. The molecule has 0 aromatic heterocycles. The second kappa shape index (κ2) is 5.69. The molecule has 4 N–H and O–H groups in total. The Hall–Kier alpha value is -1.11. The zero-order valence-corrected chi connectivity index (χ0v) is 11.7. The van der Waals surface area contributed by atoms with E-state index in [1.54, 1.807) is 19.1 Å². The van der Waals surface area contributed by atoms with Crippen LogP contribution in [0.1, 0.15) is 24.5 Å². The molecule has 0 spiro atoms. The minimum Gasteiger partial charge on any atom is -0.398 e. The first-order chi connectivity index (χ1) is 8.27. The molecule has 0 heterocycles. The largest absolute Gasteiger partial charge is 0.398 e. The molecule has 1 atom stereocenters. The van der Waals surface area contributed by atoms with Crippen molar-refractivity contribution in [1.82, 2.24) is 4.72 Å². The first-order valence-electron chi connectivity index (χ1n) is 5.82. The van der Waals surface area contributed by atoms with E-state index in [4.69, 9.17) is 5.73 Å². The van der Waals surface area contributed by atoms with Gasteiger partial charge in [-0.1, -0.05) is 6.92 Å². The molecule has 5 nitrogen and oxygen atoms in total. The van der Waals surface area contributed by atoms with Crippen LogP contribution >= 0.6 is 0 Å². The molecule has 0 bridgehead atoms. The molecule has 0 saturated carbocycles. The first-order valence-corrected chi connectivity index (χ1v) is 7.30. The Morgan fingerprint density at radius 2 is 1.89 bits per heavy atom.